The molecule has 0 aromatic heterocycles. The number of rotatable bonds is 2. The molecule has 0 fully saturated rings. The van der Waals surface area contributed by atoms with Gasteiger partial charge in [-0.15, -0.1) is 0 Å². The summed E-state index contributed by atoms with van der Waals surface area (Å²) in [4.78, 5) is 13.5. The maximum Gasteiger partial charge on any atom is 0.163 e. The molecule has 0 saturated heterocycles. The van der Waals surface area contributed by atoms with Crippen molar-refractivity contribution in [2.24, 2.45) is 0 Å². The van der Waals surface area contributed by atoms with Crippen molar-refractivity contribution in [3.05, 3.63) is 105 Å². The highest BCUT2D eigenvalue weighted by Gasteiger charge is 2.36. The summed E-state index contributed by atoms with van der Waals surface area (Å²) in [5, 5.41) is 8.27. The largest absolute Gasteiger partial charge is 0.372 e. The molecule has 1 heterocycles. The Morgan fingerprint density at radius 2 is 1.57 bits per heavy atom. The van der Waals surface area contributed by atoms with Gasteiger partial charge in [0.2, 0.25) is 0 Å². The van der Waals surface area contributed by atoms with Crippen LogP contribution in [0.3, 0.4) is 0 Å². The van der Waals surface area contributed by atoms with Crippen molar-refractivity contribution in [2.45, 2.75) is 24.8 Å². The Bertz CT molecular complexity index is 1160. The Kier molecular flexibility index (Phi) is 5.01. The predicted octanol–water partition coefficient (Wildman–Crippen LogP) is 6.97. The first-order valence-electron chi connectivity index (χ1n) is 9.99. The first kappa shape index (κ1) is 19.2. The van der Waals surface area contributed by atoms with E-state index < -0.39 is 0 Å². The number of para-hydroxylation sites is 2. The average Bonchev–Trinajstić information content (AvgIpc) is 2.93. The fraction of sp³-hybridized carbons (Fsp3) is 0.160. The molecule has 0 spiro atoms. The molecule has 0 radical (unpaired) electrons. The van der Waals surface area contributed by atoms with Gasteiger partial charge >= 0.3 is 0 Å². The summed E-state index contributed by atoms with van der Waals surface area (Å²) in [6.07, 6.45) is 1.23. The molecule has 2 unspecified atom stereocenters. The van der Waals surface area contributed by atoms with E-state index in [0.717, 1.165) is 34.6 Å². The minimum atomic E-state index is -0.369. The lowest BCUT2D eigenvalue weighted by Gasteiger charge is -2.30. The number of nitrogens with one attached hydrogen (secondary N) is 2. The number of halogens is 2. The van der Waals surface area contributed by atoms with Crippen molar-refractivity contribution in [2.75, 3.05) is 10.6 Å². The topological polar surface area (TPSA) is 41.1 Å². The van der Waals surface area contributed by atoms with E-state index in [-0.39, 0.29) is 17.7 Å². The van der Waals surface area contributed by atoms with E-state index in [1.165, 1.54) is 5.56 Å². The van der Waals surface area contributed by atoms with Gasteiger partial charge in [0.05, 0.1) is 17.4 Å². The third-order valence-corrected chi connectivity index (χ3v) is 6.43. The van der Waals surface area contributed by atoms with Crippen LogP contribution in [0.5, 0.6) is 0 Å². The van der Waals surface area contributed by atoms with Crippen LogP contribution in [0, 0.1) is 0 Å². The van der Waals surface area contributed by atoms with E-state index in [9.17, 15) is 4.79 Å². The monoisotopic (exact) mass is 434 g/mol. The SMILES string of the molecule is O=C1CC(c2ccccc2)CC2=C1C(c1cc(Cl)ccc1Cl)Nc1ccccc1N2. The molecule has 3 nitrogen and oxygen atoms in total. The van der Waals surface area contributed by atoms with Crippen molar-refractivity contribution in [1.82, 2.24) is 0 Å². The van der Waals surface area contributed by atoms with Crippen molar-refractivity contribution < 1.29 is 4.79 Å². The zero-order chi connectivity index (χ0) is 20.7. The van der Waals surface area contributed by atoms with E-state index >= 15 is 0 Å². The number of benzene rings is 3. The molecule has 150 valence electrons. The molecular formula is C25H20Cl2N2O. The summed E-state index contributed by atoms with van der Waals surface area (Å²) < 4.78 is 0. The van der Waals surface area contributed by atoms with Crippen molar-refractivity contribution in [1.29, 1.82) is 0 Å². The van der Waals surface area contributed by atoms with E-state index in [1.807, 2.05) is 48.5 Å². The number of carbonyl (C=O) groups excluding carboxylic acids is 1. The van der Waals surface area contributed by atoms with Gasteiger partial charge in [-0.25, -0.2) is 0 Å². The van der Waals surface area contributed by atoms with E-state index in [1.54, 1.807) is 12.1 Å². The lowest BCUT2D eigenvalue weighted by Crippen LogP contribution is -2.27. The summed E-state index contributed by atoms with van der Waals surface area (Å²) in [5.74, 6) is 0.268. The van der Waals surface area contributed by atoms with Crippen LogP contribution in [0.4, 0.5) is 11.4 Å². The summed E-state index contributed by atoms with van der Waals surface area (Å²) >= 11 is 12.8. The number of allylic oxidation sites excluding steroid dienone is 1. The number of Topliss-reactive ketones (excluding diaryl/α,β-unsaturated/α-hetero) is 1. The lowest BCUT2D eigenvalue weighted by molar-refractivity contribution is -0.116. The molecule has 0 saturated carbocycles. The van der Waals surface area contributed by atoms with Gasteiger partial charge in [0.25, 0.3) is 0 Å². The minimum absolute atomic E-state index is 0.124. The number of hydrogen-bond acceptors (Lipinski definition) is 3. The highest BCUT2D eigenvalue weighted by molar-refractivity contribution is 6.33. The van der Waals surface area contributed by atoms with Crippen LogP contribution < -0.4 is 10.6 Å². The first-order chi connectivity index (χ1) is 14.6. The van der Waals surface area contributed by atoms with Crippen LogP contribution in [0.1, 0.15) is 35.9 Å². The maximum absolute atomic E-state index is 13.5. The molecule has 3 aromatic rings. The Hall–Kier alpha value is -2.75. The highest BCUT2D eigenvalue weighted by atomic mass is 35.5. The van der Waals surface area contributed by atoms with Crippen LogP contribution in [-0.2, 0) is 4.79 Å². The number of anilines is 2. The third kappa shape index (κ3) is 3.49. The first-order valence-corrected chi connectivity index (χ1v) is 10.7. The molecular weight excluding hydrogens is 415 g/mol. The lowest BCUT2D eigenvalue weighted by atomic mass is 9.78. The summed E-state index contributed by atoms with van der Waals surface area (Å²) in [5.41, 5.74) is 5.55. The van der Waals surface area contributed by atoms with Crippen LogP contribution in [0.15, 0.2) is 84.1 Å². The zero-order valence-electron chi connectivity index (χ0n) is 16.2. The van der Waals surface area contributed by atoms with E-state index in [0.29, 0.717) is 16.5 Å². The quantitative estimate of drug-likeness (QED) is 0.457. The Balaban J connectivity index is 1.65. The average molecular weight is 435 g/mol. The molecule has 0 bridgehead atoms. The van der Waals surface area contributed by atoms with Crippen molar-refractivity contribution >= 4 is 40.4 Å². The standard InChI is InChI=1S/C25H20Cl2N2O/c26-17-10-11-19(27)18(14-17)25-24-22(28-20-8-4-5-9-21(20)29-25)12-16(13-23(24)30)15-6-2-1-3-7-15/h1-11,14,16,25,28-29H,12-13H2. The summed E-state index contributed by atoms with van der Waals surface area (Å²) in [6, 6.07) is 23.2. The predicted molar refractivity (Wildman–Crippen MR) is 123 cm³/mol. The number of fused-ring (bicyclic) bond motifs is 1. The van der Waals surface area contributed by atoms with Crippen LogP contribution in [-0.4, -0.2) is 5.78 Å². The van der Waals surface area contributed by atoms with Gasteiger partial charge in [0.1, 0.15) is 0 Å². The highest BCUT2D eigenvalue weighted by Crippen LogP contribution is 2.45. The molecule has 5 heteroatoms. The normalized spacial score (nSPS) is 20.5. The van der Waals surface area contributed by atoms with Gasteiger partial charge < -0.3 is 10.6 Å². The third-order valence-electron chi connectivity index (χ3n) is 5.85. The minimum Gasteiger partial charge on any atom is -0.372 e. The molecule has 3 aromatic carbocycles. The maximum atomic E-state index is 13.5. The molecule has 2 aliphatic rings. The van der Waals surface area contributed by atoms with E-state index in [4.69, 9.17) is 23.2 Å². The molecule has 1 aliphatic heterocycles. The van der Waals surface area contributed by atoms with Crippen molar-refractivity contribution in [3.8, 4) is 0 Å². The fourth-order valence-electron chi connectivity index (χ4n) is 4.42. The van der Waals surface area contributed by atoms with Gasteiger partial charge in [0.15, 0.2) is 5.78 Å². The van der Waals surface area contributed by atoms with E-state index in [2.05, 4.69) is 22.8 Å². The van der Waals surface area contributed by atoms with Gasteiger partial charge in [-0.1, -0.05) is 65.7 Å². The second-order valence-corrected chi connectivity index (χ2v) is 8.59. The fourth-order valence-corrected chi connectivity index (χ4v) is 4.83. The number of ketones is 1. The molecule has 30 heavy (non-hydrogen) atoms. The Morgan fingerprint density at radius 3 is 2.37 bits per heavy atom. The molecule has 2 atom stereocenters. The number of carbonyl (C=O) groups is 1. The van der Waals surface area contributed by atoms with Crippen molar-refractivity contribution in [3.63, 3.8) is 0 Å². The molecule has 5 rings (SSSR count). The Morgan fingerprint density at radius 1 is 0.833 bits per heavy atom. The van der Waals surface area contributed by atoms with Crippen LogP contribution in [0.2, 0.25) is 10.0 Å². The summed E-state index contributed by atoms with van der Waals surface area (Å²) in [7, 11) is 0. The molecule has 0 amide bonds. The second kappa shape index (κ2) is 7.82. The van der Waals surface area contributed by atoms with Gasteiger partial charge in [-0.3, -0.25) is 4.79 Å². The van der Waals surface area contributed by atoms with Gasteiger partial charge in [-0.2, -0.15) is 0 Å². The molecule has 1 aliphatic carbocycles. The number of hydrogen-bond donors (Lipinski definition) is 2. The zero-order valence-corrected chi connectivity index (χ0v) is 17.7. The Labute approximate surface area is 185 Å². The smallest absolute Gasteiger partial charge is 0.163 e. The van der Waals surface area contributed by atoms with Gasteiger partial charge in [0, 0.05) is 27.7 Å². The summed E-state index contributed by atoms with van der Waals surface area (Å²) in [6.45, 7) is 0. The van der Waals surface area contributed by atoms with Crippen LogP contribution in [0.25, 0.3) is 0 Å². The van der Waals surface area contributed by atoms with Gasteiger partial charge in [-0.05, 0) is 53.8 Å². The molecule has 2 N–H and O–H groups in total. The second-order valence-electron chi connectivity index (χ2n) is 7.75. The van der Waals surface area contributed by atoms with Crippen LogP contribution >= 0.6 is 23.2 Å².